The third kappa shape index (κ3) is 3.31. The Kier molecular flexibility index (Phi) is 4.05. The van der Waals surface area contributed by atoms with Gasteiger partial charge in [-0.1, -0.05) is 27.8 Å². The van der Waals surface area contributed by atoms with Crippen molar-refractivity contribution in [3.05, 3.63) is 21.7 Å². The first-order valence-electron chi connectivity index (χ1n) is 6.41. The smallest absolute Gasteiger partial charge is 0.417 e. The molecular weight excluding hydrogens is 322 g/mol. The van der Waals surface area contributed by atoms with Crippen molar-refractivity contribution in [1.82, 2.24) is 4.90 Å². The molecular formula is C15H16BrNO3. The van der Waals surface area contributed by atoms with E-state index in [4.69, 9.17) is 4.74 Å². The molecule has 2 rings (SSSR count). The van der Waals surface area contributed by atoms with Crippen LogP contribution in [-0.4, -0.2) is 29.0 Å². The van der Waals surface area contributed by atoms with E-state index in [1.165, 1.54) is 0 Å². The fraction of sp³-hybridized carbons (Fsp3) is 0.467. The maximum atomic E-state index is 12.4. The second kappa shape index (κ2) is 5.45. The van der Waals surface area contributed by atoms with E-state index in [2.05, 4.69) is 27.8 Å². The topological polar surface area (TPSA) is 46.6 Å². The molecule has 4 nitrogen and oxygen atoms in total. The number of amides is 2. The fourth-order valence-electron chi connectivity index (χ4n) is 1.96. The molecule has 0 fully saturated rings. The molecule has 1 aliphatic heterocycles. The number of halogens is 1. The molecule has 0 atom stereocenters. The van der Waals surface area contributed by atoms with E-state index in [0.29, 0.717) is 25.0 Å². The molecule has 0 N–H and O–H groups in total. The lowest BCUT2D eigenvalue weighted by Crippen LogP contribution is -2.44. The average molecular weight is 338 g/mol. The summed E-state index contributed by atoms with van der Waals surface area (Å²) in [5, 5.41) is 0. The second-order valence-electron chi connectivity index (χ2n) is 5.66. The molecule has 0 saturated carbocycles. The summed E-state index contributed by atoms with van der Waals surface area (Å²) in [4.78, 5) is 25.5. The highest BCUT2D eigenvalue weighted by molar-refractivity contribution is 9.11. The van der Waals surface area contributed by atoms with Gasteiger partial charge in [0.05, 0.1) is 5.57 Å². The number of nitrogens with zero attached hydrogens (tertiary/aromatic N) is 1. The lowest BCUT2D eigenvalue weighted by Gasteiger charge is -2.29. The minimum Gasteiger partial charge on any atom is -0.443 e. The minimum atomic E-state index is -0.621. The van der Waals surface area contributed by atoms with Crippen LogP contribution in [0.15, 0.2) is 21.7 Å². The highest BCUT2D eigenvalue weighted by Gasteiger charge is 2.33. The number of hydrogen-bond donors (Lipinski definition) is 0. The van der Waals surface area contributed by atoms with Crippen LogP contribution >= 0.6 is 15.9 Å². The zero-order chi connectivity index (χ0) is 14.9. The molecule has 0 aromatic carbocycles. The monoisotopic (exact) mass is 337 g/mol. The molecule has 0 unspecified atom stereocenters. The van der Waals surface area contributed by atoms with Gasteiger partial charge in [0.2, 0.25) is 0 Å². The van der Waals surface area contributed by atoms with Gasteiger partial charge < -0.3 is 4.74 Å². The normalized spacial score (nSPS) is 18.7. The summed E-state index contributed by atoms with van der Waals surface area (Å²) in [5.74, 6) is 5.40. The van der Waals surface area contributed by atoms with Crippen molar-refractivity contribution in [3.63, 3.8) is 0 Å². The fourth-order valence-corrected chi connectivity index (χ4v) is 2.37. The largest absolute Gasteiger partial charge is 0.443 e. The standard InChI is InChI=1S/C15H16BrNO3/c1-15(2,3)20-14(19)17-8-7-10-9-11(16)5-4-6-12(10)13(17)18/h9H,5,7-8H2,1-3H3. The Morgan fingerprint density at radius 3 is 2.80 bits per heavy atom. The zero-order valence-corrected chi connectivity index (χ0v) is 13.3. The third-order valence-electron chi connectivity index (χ3n) is 2.80. The van der Waals surface area contributed by atoms with Crippen LogP contribution in [0.1, 0.15) is 33.6 Å². The van der Waals surface area contributed by atoms with E-state index in [9.17, 15) is 9.59 Å². The molecule has 106 valence electrons. The summed E-state index contributed by atoms with van der Waals surface area (Å²) in [7, 11) is 0. The van der Waals surface area contributed by atoms with Gasteiger partial charge in [-0.3, -0.25) is 4.79 Å². The highest BCUT2D eigenvalue weighted by Crippen LogP contribution is 2.26. The summed E-state index contributed by atoms with van der Waals surface area (Å²) in [6.07, 6.45) is 2.48. The van der Waals surface area contributed by atoms with Gasteiger partial charge in [0.15, 0.2) is 0 Å². The van der Waals surface area contributed by atoms with Crippen LogP contribution < -0.4 is 0 Å². The minimum absolute atomic E-state index is 0.324. The molecule has 0 aromatic rings. The molecule has 2 aliphatic rings. The first-order valence-corrected chi connectivity index (χ1v) is 7.20. The summed E-state index contributed by atoms with van der Waals surface area (Å²) < 4.78 is 6.20. The van der Waals surface area contributed by atoms with E-state index in [-0.39, 0.29) is 5.91 Å². The van der Waals surface area contributed by atoms with Gasteiger partial charge in [-0.05, 0) is 38.8 Å². The number of carbonyl (C=O) groups is 2. The van der Waals surface area contributed by atoms with Gasteiger partial charge in [-0.15, -0.1) is 0 Å². The third-order valence-corrected chi connectivity index (χ3v) is 3.31. The van der Waals surface area contributed by atoms with Gasteiger partial charge in [0, 0.05) is 17.4 Å². The predicted octanol–water partition coefficient (Wildman–Crippen LogP) is 3.14. The number of hydrogen-bond acceptors (Lipinski definition) is 3. The lowest BCUT2D eigenvalue weighted by atomic mass is 10.00. The summed E-state index contributed by atoms with van der Waals surface area (Å²) in [6.45, 7) is 5.64. The molecule has 1 heterocycles. The molecule has 0 bridgehead atoms. The molecule has 0 spiro atoms. The highest BCUT2D eigenvalue weighted by atomic mass is 79.9. The summed E-state index contributed by atoms with van der Waals surface area (Å²) in [5.41, 5.74) is 0.660. The molecule has 0 aromatic heterocycles. The van der Waals surface area contributed by atoms with Crippen molar-refractivity contribution in [2.75, 3.05) is 6.54 Å². The van der Waals surface area contributed by atoms with Crippen LogP contribution in [0.2, 0.25) is 0 Å². The number of rotatable bonds is 0. The van der Waals surface area contributed by atoms with Gasteiger partial charge in [-0.2, -0.15) is 0 Å². The SMILES string of the molecule is CC(C)(C)OC(=O)N1CCC2=C(C#CCC(Br)=C2)C1=O. The predicted molar refractivity (Wildman–Crippen MR) is 79.0 cm³/mol. The number of imide groups is 1. The Bertz CT molecular complexity index is 584. The van der Waals surface area contributed by atoms with Gasteiger partial charge in [-0.25, -0.2) is 9.69 Å². The second-order valence-corrected chi connectivity index (χ2v) is 6.68. The Balaban J connectivity index is 2.25. The van der Waals surface area contributed by atoms with Crippen molar-refractivity contribution in [2.24, 2.45) is 0 Å². The molecule has 1 aliphatic carbocycles. The van der Waals surface area contributed by atoms with E-state index in [1.807, 2.05) is 6.08 Å². The van der Waals surface area contributed by atoms with Gasteiger partial charge in [0.25, 0.3) is 5.91 Å². The van der Waals surface area contributed by atoms with Crippen molar-refractivity contribution >= 4 is 27.9 Å². The zero-order valence-electron chi connectivity index (χ0n) is 11.7. The van der Waals surface area contributed by atoms with Crippen LogP contribution in [-0.2, 0) is 9.53 Å². The van der Waals surface area contributed by atoms with Crippen molar-refractivity contribution in [2.45, 2.75) is 39.2 Å². The Hall–Kier alpha value is -1.54. The van der Waals surface area contributed by atoms with Crippen LogP contribution in [0.3, 0.4) is 0 Å². The van der Waals surface area contributed by atoms with Crippen LogP contribution in [0, 0.1) is 11.8 Å². The average Bonchev–Trinajstić information content (AvgIpc) is 2.48. The first kappa shape index (κ1) is 14.9. The van der Waals surface area contributed by atoms with E-state index in [0.717, 1.165) is 15.0 Å². The van der Waals surface area contributed by atoms with E-state index < -0.39 is 11.7 Å². The summed E-state index contributed by atoms with van der Waals surface area (Å²) >= 11 is 3.41. The van der Waals surface area contributed by atoms with Crippen LogP contribution in [0.5, 0.6) is 0 Å². The van der Waals surface area contributed by atoms with Gasteiger partial charge in [0.1, 0.15) is 5.60 Å². The van der Waals surface area contributed by atoms with Crippen molar-refractivity contribution in [3.8, 4) is 11.8 Å². The number of allylic oxidation sites excluding steroid dienone is 2. The maximum absolute atomic E-state index is 12.4. The van der Waals surface area contributed by atoms with E-state index in [1.54, 1.807) is 20.8 Å². The molecule has 20 heavy (non-hydrogen) atoms. The van der Waals surface area contributed by atoms with Gasteiger partial charge >= 0.3 is 6.09 Å². The molecule has 2 amide bonds. The molecule has 0 saturated heterocycles. The van der Waals surface area contributed by atoms with E-state index >= 15 is 0 Å². The first-order chi connectivity index (χ1) is 9.28. The lowest BCUT2D eigenvalue weighted by molar-refractivity contribution is -0.126. The quantitative estimate of drug-likeness (QED) is 0.638. The summed E-state index contributed by atoms with van der Waals surface area (Å²) in [6, 6.07) is 0. The van der Waals surface area contributed by atoms with Crippen molar-refractivity contribution < 1.29 is 14.3 Å². The molecule has 5 heteroatoms. The Morgan fingerprint density at radius 1 is 1.45 bits per heavy atom. The number of carbonyl (C=O) groups excluding carboxylic acids is 2. The van der Waals surface area contributed by atoms with Crippen LogP contribution in [0.25, 0.3) is 0 Å². The Labute approximate surface area is 127 Å². The number of ether oxygens (including phenoxy) is 1. The van der Waals surface area contributed by atoms with Crippen molar-refractivity contribution in [1.29, 1.82) is 0 Å². The Morgan fingerprint density at radius 2 is 2.15 bits per heavy atom. The maximum Gasteiger partial charge on any atom is 0.417 e. The molecule has 0 radical (unpaired) electrons. The van der Waals surface area contributed by atoms with Crippen LogP contribution in [0.4, 0.5) is 4.79 Å².